The summed E-state index contributed by atoms with van der Waals surface area (Å²) in [7, 11) is -1.74. The number of nitrogens with two attached hydrogens (primary N) is 1. The normalized spacial score (nSPS) is 12.1. The number of nitrogens with one attached hydrogen (secondary N) is 2. The third-order valence-corrected chi connectivity index (χ3v) is 5.17. The van der Waals surface area contributed by atoms with Crippen molar-refractivity contribution in [1.29, 1.82) is 0 Å². The number of anilines is 2. The van der Waals surface area contributed by atoms with Crippen LogP contribution in [0.1, 0.15) is 12.8 Å². The van der Waals surface area contributed by atoms with Crippen molar-refractivity contribution in [3.8, 4) is 0 Å². The van der Waals surface area contributed by atoms with E-state index in [0.29, 0.717) is 28.4 Å². The highest BCUT2D eigenvalue weighted by Crippen LogP contribution is 2.28. The maximum absolute atomic E-state index is 14.1. The van der Waals surface area contributed by atoms with E-state index in [1.807, 2.05) is 0 Å². The Labute approximate surface area is 142 Å². The van der Waals surface area contributed by atoms with E-state index in [0.717, 1.165) is 24.4 Å². The lowest BCUT2D eigenvalue weighted by molar-refractivity contribution is 0.596. The summed E-state index contributed by atoms with van der Waals surface area (Å²) in [6.45, 7) is 1.33. The van der Waals surface area contributed by atoms with Gasteiger partial charge in [0.1, 0.15) is 12.1 Å². The summed E-state index contributed by atoms with van der Waals surface area (Å²) >= 11 is 4.41. The molecule has 0 amide bonds. The highest BCUT2D eigenvalue weighted by molar-refractivity contribution is 9.10. The Balaban J connectivity index is 2.07. The van der Waals surface area contributed by atoms with Gasteiger partial charge in [0.25, 0.3) is 0 Å². The van der Waals surface area contributed by atoms with Gasteiger partial charge < -0.3 is 11.1 Å². The van der Waals surface area contributed by atoms with Crippen molar-refractivity contribution < 1.29 is 8.60 Å². The van der Waals surface area contributed by atoms with Gasteiger partial charge in [-0.3, -0.25) is 4.72 Å². The minimum absolute atomic E-state index is 0.0505. The van der Waals surface area contributed by atoms with E-state index in [2.05, 4.69) is 35.3 Å². The molecule has 0 aliphatic carbocycles. The Kier molecular flexibility index (Phi) is 6.68. The Morgan fingerprint density at radius 3 is 2.91 bits per heavy atom. The third-order valence-electron chi connectivity index (χ3n) is 2.71. The first-order valence-corrected chi connectivity index (χ1v) is 9.21. The molecule has 1 heterocycles. The molecular formula is C12H15BrFN5OS2. The molecule has 0 aliphatic rings. The number of nitrogens with zero attached hydrogens (tertiary/aromatic N) is 2. The molecular weight excluding hydrogens is 393 g/mol. The fraction of sp³-hybridized carbons (Fsp3) is 0.333. The molecule has 6 nitrogen and oxygen atoms in total. The lowest BCUT2D eigenvalue weighted by Crippen LogP contribution is -2.09. The van der Waals surface area contributed by atoms with Crippen molar-refractivity contribution in [2.75, 3.05) is 23.1 Å². The van der Waals surface area contributed by atoms with Gasteiger partial charge in [-0.2, -0.15) is 4.37 Å². The summed E-state index contributed by atoms with van der Waals surface area (Å²) < 4.78 is 33.3. The molecule has 120 valence electrons. The summed E-state index contributed by atoms with van der Waals surface area (Å²) in [5.41, 5.74) is 6.04. The van der Waals surface area contributed by atoms with Crippen LogP contribution < -0.4 is 15.8 Å². The first kappa shape index (κ1) is 17.3. The van der Waals surface area contributed by atoms with Gasteiger partial charge in [0.2, 0.25) is 5.13 Å². The number of hydrogen-bond donors (Lipinski definition) is 3. The molecule has 10 heteroatoms. The standard InChI is InChI=1S/C12H15BrFN5OS2/c13-8-5-11(22(20)19-12-17-7-18-21-12)9(14)6-10(8)16-4-2-1-3-15/h5-7,16H,1-4,15H2,(H,17,18,19). The van der Waals surface area contributed by atoms with Crippen LogP contribution in [0.4, 0.5) is 15.2 Å². The highest BCUT2D eigenvalue weighted by atomic mass is 79.9. The van der Waals surface area contributed by atoms with Gasteiger partial charge in [-0.25, -0.2) is 13.6 Å². The number of rotatable bonds is 8. The van der Waals surface area contributed by atoms with Crippen LogP contribution in [-0.2, 0) is 11.0 Å². The second-order valence-electron chi connectivity index (χ2n) is 4.30. The van der Waals surface area contributed by atoms with Crippen molar-refractivity contribution in [1.82, 2.24) is 9.36 Å². The minimum Gasteiger partial charge on any atom is -0.384 e. The molecule has 0 radical (unpaired) electrons. The van der Waals surface area contributed by atoms with Gasteiger partial charge in [-0.15, -0.1) is 0 Å². The van der Waals surface area contributed by atoms with Crippen molar-refractivity contribution in [2.24, 2.45) is 5.73 Å². The van der Waals surface area contributed by atoms with Crippen molar-refractivity contribution in [3.63, 3.8) is 0 Å². The molecule has 0 bridgehead atoms. The molecule has 2 aromatic rings. The lowest BCUT2D eigenvalue weighted by Gasteiger charge is -2.11. The van der Waals surface area contributed by atoms with Crippen LogP contribution in [0, 0.1) is 5.82 Å². The van der Waals surface area contributed by atoms with Gasteiger partial charge in [0, 0.05) is 22.5 Å². The largest absolute Gasteiger partial charge is 0.384 e. The summed E-state index contributed by atoms with van der Waals surface area (Å²) in [5, 5.41) is 3.49. The summed E-state index contributed by atoms with van der Waals surface area (Å²) in [6, 6.07) is 2.81. The first-order valence-electron chi connectivity index (χ1n) is 6.50. The maximum atomic E-state index is 14.1. The van der Waals surface area contributed by atoms with E-state index in [-0.39, 0.29) is 4.90 Å². The zero-order valence-electron chi connectivity index (χ0n) is 11.5. The van der Waals surface area contributed by atoms with Crippen molar-refractivity contribution >= 4 is 49.3 Å². The Morgan fingerprint density at radius 1 is 1.41 bits per heavy atom. The Hall–Kier alpha value is -1.10. The molecule has 2 rings (SSSR count). The van der Waals surface area contributed by atoms with Crippen molar-refractivity contribution in [3.05, 3.63) is 28.7 Å². The van der Waals surface area contributed by atoms with Crippen LogP contribution in [0.3, 0.4) is 0 Å². The molecule has 1 aromatic heterocycles. The van der Waals surface area contributed by atoms with Crippen LogP contribution in [-0.4, -0.2) is 26.7 Å². The first-order chi connectivity index (χ1) is 10.6. The van der Waals surface area contributed by atoms with Gasteiger partial charge in [0.05, 0.1) is 10.6 Å². The molecule has 0 spiro atoms. The zero-order chi connectivity index (χ0) is 15.9. The summed E-state index contributed by atoms with van der Waals surface area (Å²) in [6.07, 6.45) is 3.14. The van der Waals surface area contributed by atoms with Gasteiger partial charge in [-0.1, -0.05) is 0 Å². The number of hydrogen-bond acceptors (Lipinski definition) is 6. The molecule has 1 aromatic carbocycles. The molecule has 1 atom stereocenters. The van der Waals surface area contributed by atoms with Gasteiger partial charge >= 0.3 is 0 Å². The van der Waals surface area contributed by atoms with E-state index in [1.54, 1.807) is 0 Å². The SMILES string of the molecule is NCCCCNc1cc(F)c(S(=O)Nc2ncns2)cc1Br. The van der Waals surface area contributed by atoms with Crippen LogP contribution in [0.2, 0.25) is 0 Å². The second kappa shape index (κ2) is 8.51. The minimum atomic E-state index is -1.74. The molecule has 0 aliphatic heterocycles. The van der Waals surface area contributed by atoms with Crippen molar-refractivity contribution in [2.45, 2.75) is 17.7 Å². The quantitative estimate of drug-likeness (QED) is 0.584. The highest BCUT2D eigenvalue weighted by Gasteiger charge is 2.15. The predicted molar refractivity (Wildman–Crippen MR) is 90.8 cm³/mol. The average molecular weight is 408 g/mol. The predicted octanol–water partition coefficient (Wildman–Crippen LogP) is 2.73. The van der Waals surface area contributed by atoms with Crippen LogP contribution in [0.15, 0.2) is 27.8 Å². The zero-order valence-corrected chi connectivity index (χ0v) is 14.7. The van der Waals surface area contributed by atoms with E-state index in [1.165, 1.54) is 18.5 Å². The van der Waals surface area contributed by atoms with Crippen LogP contribution in [0.5, 0.6) is 0 Å². The Bertz CT molecular complexity index is 641. The molecule has 0 fully saturated rings. The van der Waals surface area contributed by atoms with E-state index in [9.17, 15) is 8.60 Å². The summed E-state index contributed by atoms with van der Waals surface area (Å²) in [5.74, 6) is -0.556. The van der Waals surface area contributed by atoms with E-state index >= 15 is 0 Å². The van der Waals surface area contributed by atoms with Gasteiger partial charge in [0.15, 0.2) is 11.0 Å². The molecule has 0 saturated heterocycles. The molecule has 0 saturated carbocycles. The number of halogens is 2. The smallest absolute Gasteiger partial charge is 0.214 e. The fourth-order valence-electron chi connectivity index (χ4n) is 1.65. The topological polar surface area (TPSA) is 92.9 Å². The number of aromatic nitrogens is 2. The second-order valence-corrected chi connectivity index (χ2v) is 7.12. The number of benzene rings is 1. The molecule has 22 heavy (non-hydrogen) atoms. The molecule has 4 N–H and O–H groups in total. The van der Waals surface area contributed by atoms with Crippen LogP contribution >= 0.6 is 27.5 Å². The van der Waals surface area contributed by atoms with Crippen LogP contribution in [0.25, 0.3) is 0 Å². The number of unbranched alkanes of at least 4 members (excludes halogenated alkanes) is 1. The van der Waals surface area contributed by atoms with Gasteiger partial charge in [-0.05, 0) is 47.4 Å². The lowest BCUT2D eigenvalue weighted by atomic mass is 10.2. The summed E-state index contributed by atoms with van der Waals surface area (Å²) in [4.78, 5) is 3.91. The van der Waals surface area contributed by atoms with E-state index < -0.39 is 16.8 Å². The van der Waals surface area contributed by atoms with E-state index in [4.69, 9.17) is 5.73 Å². The Morgan fingerprint density at radius 2 is 2.23 bits per heavy atom. The maximum Gasteiger partial charge on any atom is 0.214 e. The third kappa shape index (κ3) is 4.70. The fourth-order valence-corrected chi connectivity index (χ4v) is 3.73. The monoisotopic (exact) mass is 407 g/mol. The average Bonchev–Trinajstić information content (AvgIpc) is 2.99. The molecule has 1 unspecified atom stereocenters.